The summed E-state index contributed by atoms with van der Waals surface area (Å²) in [5, 5.41) is 18.7. The van der Waals surface area contributed by atoms with Crippen LogP contribution in [0.1, 0.15) is 19.3 Å². The molecule has 0 aromatic heterocycles. The van der Waals surface area contributed by atoms with Crippen molar-refractivity contribution in [2.75, 3.05) is 0 Å². The predicted molar refractivity (Wildman–Crippen MR) is 35.9 cm³/mol. The molecule has 1 fully saturated rings. The molecule has 1 saturated carbocycles. The van der Waals surface area contributed by atoms with Gasteiger partial charge in [0.1, 0.15) is 0 Å². The highest BCUT2D eigenvalue weighted by atomic mass is 16.4. The number of aliphatic hydroxyl groups is 2. The summed E-state index contributed by atoms with van der Waals surface area (Å²) in [6.07, 6.45) is 1.30. The minimum Gasteiger partial charge on any atom is -0.379 e. The van der Waals surface area contributed by atoms with Crippen LogP contribution in [0.15, 0.2) is 0 Å². The second kappa shape index (κ2) is 2.39. The van der Waals surface area contributed by atoms with Crippen molar-refractivity contribution >= 4 is 12.6 Å². The molecule has 0 aromatic rings. The average molecular weight is 158 g/mol. The van der Waals surface area contributed by atoms with Gasteiger partial charge in [0.2, 0.25) is 0 Å². The summed E-state index contributed by atoms with van der Waals surface area (Å²) in [4.78, 5) is 20.7. The van der Waals surface area contributed by atoms with Crippen molar-refractivity contribution < 1.29 is 19.8 Å². The van der Waals surface area contributed by atoms with E-state index >= 15 is 0 Å². The van der Waals surface area contributed by atoms with Crippen LogP contribution < -0.4 is 0 Å². The molecule has 0 aliphatic heterocycles. The van der Waals surface area contributed by atoms with Gasteiger partial charge in [-0.2, -0.15) is 0 Å². The van der Waals surface area contributed by atoms with Gasteiger partial charge in [-0.1, -0.05) is 0 Å². The molecule has 4 heteroatoms. The molecular formula is C7H10O4. The molecule has 0 heterocycles. The third-order valence-electron chi connectivity index (χ3n) is 2.26. The Morgan fingerprint density at radius 3 is 1.64 bits per heavy atom. The normalized spacial score (nSPS) is 43.8. The first-order valence-electron chi connectivity index (χ1n) is 3.45. The lowest BCUT2D eigenvalue weighted by Crippen LogP contribution is -2.52. The molecule has 2 N–H and O–H groups in total. The molecule has 1 aliphatic rings. The van der Waals surface area contributed by atoms with Gasteiger partial charge in [0, 0.05) is 0 Å². The average Bonchev–Trinajstić information content (AvgIpc) is 2.31. The zero-order valence-electron chi connectivity index (χ0n) is 5.99. The van der Waals surface area contributed by atoms with E-state index < -0.39 is 11.2 Å². The van der Waals surface area contributed by atoms with Crippen molar-refractivity contribution in [1.29, 1.82) is 0 Å². The Hall–Kier alpha value is -0.740. The van der Waals surface area contributed by atoms with E-state index in [-0.39, 0.29) is 25.4 Å². The molecular weight excluding hydrogens is 148 g/mol. The van der Waals surface area contributed by atoms with Gasteiger partial charge in [0.05, 0.1) is 0 Å². The quantitative estimate of drug-likeness (QED) is 0.507. The Morgan fingerprint density at radius 2 is 1.36 bits per heavy atom. The summed E-state index contributed by atoms with van der Waals surface area (Å²) in [5.74, 6) is 0. The minimum absolute atomic E-state index is 0.158. The fourth-order valence-corrected chi connectivity index (χ4v) is 1.38. The molecule has 62 valence electrons. The largest absolute Gasteiger partial charge is 0.379 e. The highest BCUT2D eigenvalue weighted by Gasteiger charge is 2.53. The van der Waals surface area contributed by atoms with E-state index in [1.807, 2.05) is 0 Å². The number of aldehydes is 2. The van der Waals surface area contributed by atoms with Crippen LogP contribution in [0.5, 0.6) is 0 Å². The molecule has 0 spiro atoms. The lowest BCUT2D eigenvalue weighted by Gasteiger charge is -2.27. The van der Waals surface area contributed by atoms with Crippen LogP contribution in [0, 0.1) is 0 Å². The molecule has 0 amide bonds. The summed E-state index contributed by atoms with van der Waals surface area (Å²) >= 11 is 0. The van der Waals surface area contributed by atoms with E-state index in [9.17, 15) is 19.8 Å². The standard InChI is InChI=1S/C7H10O4/c8-4-6(10)2-1-3-7(6,11)5-9/h4-5,10-11H,1-3H2/t6-,7-/m0/s1. The van der Waals surface area contributed by atoms with Gasteiger partial charge in [0.15, 0.2) is 23.8 Å². The van der Waals surface area contributed by atoms with Crippen molar-refractivity contribution in [3.63, 3.8) is 0 Å². The minimum atomic E-state index is -1.85. The van der Waals surface area contributed by atoms with Crippen molar-refractivity contribution in [3.8, 4) is 0 Å². The molecule has 0 unspecified atom stereocenters. The van der Waals surface area contributed by atoms with Gasteiger partial charge >= 0.3 is 0 Å². The first kappa shape index (κ1) is 8.36. The van der Waals surface area contributed by atoms with Crippen molar-refractivity contribution in [1.82, 2.24) is 0 Å². The molecule has 11 heavy (non-hydrogen) atoms. The highest BCUT2D eigenvalue weighted by Crippen LogP contribution is 2.36. The Morgan fingerprint density at radius 1 is 1.00 bits per heavy atom. The van der Waals surface area contributed by atoms with Crippen LogP contribution in [0.3, 0.4) is 0 Å². The van der Waals surface area contributed by atoms with E-state index in [0.29, 0.717) is 6.42 Å². The van der Waals surface area contributed by atoms with Gasteiger partial charge in [-0.05, 0) is 19.3 Å². The summed E-state index contributed by atoms with van der Waals surface area (Å²) in [7, 11) is 0. The molecule has 2 atom stereocenters. The van der Waals surface area contributed by atoms with E-state index in [1.54, 1.807) is 0 Å². The zero-order valence-corrected chi connectivity index (χ0v) is 5.99. The SMILES string of the molecule is O=C[C@@]1(O)CCC[C@]1(O)C=O. The van der Waals surface area contributed by atoms with E-state index in [1.165, 1.54) is 0 Å². The summed E-state index contributed by atoms with van der Waals surface area (Å²) in [5.41, 5.74) is -3.70. The number of hydrogen-bond donors (Lipinski definition) is 2. The van der Waals surface area contributed by atoms with Crippen LogP contribution in [0.25, 0.3) is 0 Å². The van der Waals surface area contributed by atoms with Crippen LogP contribution in [0.4, 0.5) is 0 Å². The zero-order chi connectivity index (χ0) is 8.54. The fourth-order valence-electron chi connectivity index (χ4n) is 1.38. The fraction of sp³-hybridized carbons (Fsp3) is 0.714. The number of carbonyl (C=O) groups excluding carboxylic acids is 2. The smallest absolute Gasteiger partial charge is 0.155 e. The van der Waals surface area contributed by atoms with Crippen LogP contribution in [-0.2, 0) is 9.59 Å². The third-order valence-corrected chi connectivity index (χ3v) is 2.26. The first-order valence-corrected chi connectivity index (χ1v) is 3.45. The highest BCUT2D eigenvalue weighted by molar-refractivity contribution is 5.78. The Labute approximate surface area is 63.8 Å². The summed E-state index contributed by atoms with van der Waals surface area (Å²) in [6, 6.07) is 0. The van der Waals surface area contributed by atoms with E-state index in [4.69, 9.17) is 0 Å². The predicted octanol–water partition coefficient (Wildman–Crippen LogP) is -0.970. The van der Waals surface area contributed by atoms with Gasteiger partial charge < -0.3 is 19.8 Å². The lowest BCUT2D eigenvalue weighted by molar-refractivity contribution is -0.159. The molecule has 1 rings (SSSR count). The Bertz CT molecular complexity index is 171. The van der Waals surface area contributed by atoms with Crippen molar-refractivity contribution in [3.05, 3.63) is 0 Å². The molecule has 4 nitrogen and oxygen atoms in total. The van der Waals surface area contributed by atoms with Crippen LogP contribution in [-0.4, -0.2) is 34.0 Å². The first-order chi connectivity index (χ1) is 5.08. The van der Waals surface area contributed by atoms with Crippen molar-refractivity contribution in [2.24, 2.45) is 0 Å². The molecule has 0 radical (unpaired) electrons. The Balaban J connectivity index is 2.96. The van der Waals surface area contributed by atoms with E-state index in [2.05, 4.69) is 0 Å². The van der Waals surface area contributed by atoms with E-state index in [0.717, 1.165) is 0 Å². The lowest BCUT2D eigenvalue weighted by atomic mass is 9.89. The number of rotatable bonds is 2. The van der Waals surface area contributed by atoms with Gasteiger partial charge in [-0.15, -0.1) is 0 Å². The second-order valence-corrected chi connectivity index (χ2v) is 2.94. The summed E-state index contributed by atoms with van der Waals surface area (Å²) < 4.78 is 0. The summed E-state index contributed by atoms with van der Waals surface area (Å²) in [6.45, 7) is 0. The molecule has 0 bridgehead atoms. The molecule has 1 aliphatic carbocycles. The monoisotopic (exact) mass is 158 g/mol. The maximum absolute atomic E-state index is 10.3. The number of carbonyl (C=O) groups is 2. The third kappa shape index (κ3) is 0.985. The van der Waals surface area contributed by atoms with Gasteiger partial charge in [0.25, 0.3) is 0 Å². The molecule has 0 saturated heterocycles. The number of hydrogen-bond acceptors (Lipinski definition) is 4. The van der Waals surface area contributed by atoms with Crippen LogP contribution in [0.2, 0.25) is 0 Å². The molecule has 0 aromatic carbocycles. The topological polar surface area (TPSA) is 74.6 Å². The van der Waals surface area contributed by atoms with Gasteiger partial charge in [-0.3, -0.25) is 0 Å². The van der Waals surface area contributed by atoms with Crippen LogP contribution >= 0.6 is 0 Å². The van der Waals surface area contributed by atoms with Gasteiger partial charge in [-0.25, -0.2) is 0 Å². The van der Waals surface area contributed by atoms with Crippen molar-refractivity contribution in [2.45, 2.75) is 30.5 Å². The Kier molecular flexibility index (Phi) is 1.82. The maximum Gasteiger partial charge on any atom is 0.155 e. The second-order valence-electron chi connectivity index (χ2n) is 2.94. The maximum atomic E-state index is 10.3.